The van der Waals surface area contributed by atoms with Gasteiger partial charge in [-0.15, -0.1) is 0 Å². The molecule has 5 rings (SSSR count). The van der Waals surface area contributed by atoms with E-state index in [2.05, 4.69) is 10.2 Å². The molecule has 0 saturated carbocycles. The van der Waals surface area contributed by atoms with Crippen molar-refractivity contribution in [3.8, 4) is 22.8 Å². The van der Waals surface area contributed by atoms with Crippen molar-refractivity contribution in [2.75, 3.05) is 20.2 Å². The van der Waals surface area contributed by atoms with Crippen LogP contribution in [-0.4, -0.2) is 52.6 Å². The number of nitrogens with zero attached hydrogens (tertiary/aromatic N) is 2. The van der Waals surface area contributed by atoms with Crippen LogP contribution in [0.15, 0.2) is 54.7 Å². The molecule has 7 heteroatoms. The Morgan fingerprint density at radius 2 is 1.97 bits per heavy atom. The molecule has 1 fully saturated rings. The van der Waals surface area contributed by atoms with Gasteiger partial charge < -0.3 is 14.4 Å². The number of methoxy groups -OCH3 is 1. The van der Waals surface area contributed by atoms with Gasteiger partial charge in [-0.2, -0.15) is 5.10 Å². The number of fused-ring (bicyclic) bond motifs is 1. The monoisotopic (exact) mass is 417 g/mol. The number of likely N-dealkylation sites (tertiary alicyclic amines) is 1. The predicted octanol–water partition coefficient (Wildman–Crippen LogP) is 3.73. The molecule has 31 heavy (non-hydrogen) atoms. The van der Waals surface area contributed by atoms with Gasteiger partial charge in [0.1, 0.15) is 22.7 Å². The second-order valence-corrected chi connectivity index (χ2v) is 8.05. The first kappa shape index (κ1) is 19.4. The average molecular weight is 417 g/mol. The van der Waals surface area contributed by atoms with Crippen LogP contribution in [0.4, 0.5) is 0 Å². The highest BCUT2D eigenvalue weighted by molar-refractivity contribution is 6.03. The molecular formula is C24H23N3O4. The van der Waals surface area contributed by atoms with Gasteiger partial charge in [0.15, 0.2) is 5.78 Å². The first-order chi connectivity index (χ1) is 15.1. The van der Waals surface area contributed by atoms with Crippen LogP contribution in [0, 0.1) is 0 Å². The van der Waals surface area contributed by atoms with E-state index in [4.69, 9.17) is 9.47 Å². The predicted molar refractivity (Wildman–Crippen MR) is 114 cm³/mol. The van der Waals surface area contributed by atoms with Crippen molar-refractivity contribution in [1.82, 2.24) is 15.1 Å². The Morgan fingerprint density at radius 3 is 2.71 bits per heavy atom. The summed E-state index contributed by atoms with van der Waals surface area (Å²) in [6.45, 7) is 1.08. The Morgan fingerprint density at radius 1 is 1.16 bits per heavy atom. The topological polar surface area (TPSA) is 84.5 Å². The third-order valence-corrected chi connectivity index (χ3v) is 6.16. The minimum atomic E-state index is -0.565. The molecule has 1 saturated heterocycles. The van der Waals surface area contributed by atoms with E-state index < -0.39 is 5.60 Å². The van der Waals surface area contributed by atoms with Crippen LogP contribution < -0.4 is 9.47 Å². The van der Waals surface area contributed by atoms with Gasteiger partial charge in [-0.1, -0.05) is 18.2 Å². The number of nitrogens with one attached hydrogen (secondary N) is 1. The lowest BCUT2D eigenvalue weighted by molar-refractivity contribution is -0.00599. The van der Waals surface area contributed by atoms with Crippen LogP contribution in [0.2, 0.25) is 0 Å². The van der Waals surface area contributed by atoms with Crippen LogP contribution in [0.1, 0.15) is 40.0 Å². The second kappa shape index (κ2) is 7.58. The van der Waals surface area contributed by atoms with Crippen molar-refractivity contribution in [3.63, 3.8) is 0 Å². The summed E-state index contributed by atoms with van der Waals surface area (Å²) in [5, 5.41) is 6.98. The number of aromatic amines is 1. The number of benzene rings is 2. The molecule has 1 aromatic heterocycles. The standard InChI is InChI=1S/C24H23N3O4/c1-30-20-6-3-7-21-22(20)19(28)15-24(31-21)9-12-27(13-10-24)23(29)17-5-2-4-16(14-17)18-8-11-25-26-18/h2-8,11,14H,9-10,12-13,15H2,1H3,(H,25,26). The van der Waals surface area contributed by atoms with E-state index in [0.29, 0.717) is 55.0 Å². The van der Waals surface area contributed by atoms with Crippen molar-refractivity contribution in [2.24, 2.45) is 0 Å². The van der Waals surface area contributed by atoms with E-state index >= 15 is 0 Å². The zero-order valence-electron chi connectivity index (χ0n) is 17.3. The number of carbonyl (C=O) groups excluding carboxylic acids is 2. The Labute approximate surface area is 180 Å². The molecule has 0 atom stereocenters. The number of piperidine rings is 1. The van der Waals surface area contributed by atoms with E-state index in [1.54, 1.807) is 19.4 Å². The van der Waals surface area contributed by atoms with Crippen LogP contribution in [0.25, 0.3) is 11.3 Å². The lowest BCUT2D eigenvalue weighted by atomic mass is 9.82. The van der Waals surface area contributed by atoms with Crippen LogP contribution in [0.3, 0.4) is 0 Å². The molecule has 0 aliphatic carbocycles. The van der Waals surface area contributed by atoms with E-state index in [1.807, 2.05) is 47.4 Å². The lowest BCUT2D eigenvalue weighted by Gasteiger charge is -2.44. The van der Waals surface area contributed by atoms with Gasteiger partial charge in [0.2, 0.25) is 0 Å². The maximum absolute atomic E-state index is 13.1. The molecule has 2 aromatic carbocycles. The third-order valence-electron chi connectivity index (χ3n) is 6.16. The molecule has 158 valence electrons. The van der Waals surface area contributed by atoms with Crippen molar-refractivity contribution < 1.29 is 19.1 Å². The Hall–Kier alpha value is -3.61. The van der Waals surface area contributed by atoms with E-state index in [9.17, 15) is 9.59 Å². The molecule has 7 nitrogen and oxygen atoms in total. The number of hydrogen-bond acceptors (Lipinski definition) is 5. The number of H-pyrrole nitrogens is 1. The summed E-state index contributed by atoms with van der Waals surface area (Å²) in [4.78, 5) is 27.8. The summed E-state index contributed by atoms with van der Waals surface area (Å²) in [7, 11) is 1.55. The minimum absolute atomic E-state index is 0.0172. The normalized spacial score (nSPS) is 17.2. The van der Waals surface area contributed by atoms with Gasteiger partial charge in [-0.3, -0.25) is 14.7 Å². The largest absolute Gasteiger partial charge is 0.496 e. The van der Waals surface area contributed by atoms with E-state index in [1.165, 1.54) is 0 Å². The SMILES string of the molecule is COc1cccc2c1C(=O)CC1(CCN(C(=O)c3cccc(-c4cc[nH]n4)c3)CC1)O2. The minimum Gasteiger partial charge on any atom is -0.496 e. The fourth-order valence-electron chi connectivity index (χ4n) is 4.50. The quantitative estimate of drug-likeness (QED) is 0.702. The van der Waals surface area contributed by atoms with Crippen molar-refractivity contribution in [3.05, 3.63) is 65.9 Å². The first-order valence-corrected chi connectivity index (χ1v) is 10.4. The van der Waals surface area contributed by atoms with E-state index in [-0.39, 0.29) is 11.7 Å². The summed E-state index contributed by atoms with van der Waals surface area (Å²) < 4.78 is 11.7. The van der Waals surface area contributed by atoms with E-state index in [0.717, 1.165) is 11.3 Å². The van der Waals surface area contributed by atoms with Crippen LogP contribution >= 0.6 is 0 Å². The summed E-state index contributed by atoms with van der Waals surface area (Å²) in [5.41, 5.74) is 2.28. The number of ether oxygens (including phenoxy) is 2. The number of Topliss-reactive ketones (excluding diaryl/α,β-unsaturated/α-hetero) is 1. The molecule has 2 aliphatic heterocycles. The second-order valence-electron chi connectivity index (χ2n) is 8.05. The lowest BCUT2D eigenvalue weighted by Crippen LogP contribution is -2.52. The summed E-state index contributed by atoms with van der Waals surface area (Å²) in [6.07, 6.45) is 3.28. The van der Waals surface area contributed by atoms with Gasteiger partial charge in [0.25, 0.3) is 5.91 Å². The maximum atomic E-state index is 13.1. The molecular weight excluding hydrogens is 394 g/mol. The molecule has 0 bridgehead atoms. The zero-order chi connectivity index (χ0) is 21.4. The number of ketones is 1. The molecule has 0 unspecified atom stereocenters. The third kappa shape index (κ3) is 3.46. The Balaban J connectivity index is 1.31. The maximum Gasteiger partial charge on any atom is 0.253 e. The van der Waals surface area contributed by atoms with Crippen molar-refractivity contribution >= 4 is 11.7 Å². The molecule has 0 radical (unpaired) electrons. The summed E-state index contributed by atoms with van der Waals surface area (Å²) in [5.74, 6) is 1.13. The fourth-order valence-corrected chi connectivity index (χ4v) is 4.50. The number of rotatable bonds is 3. The fraction of sp³-hybridized carbons (Fsp3) is 0.292. The van der Waals surface area contributed by atoms with Gasteiger partial charge >= 0.3 is 0 Å². The smallest absolute Gasteiger partial charge is 0.253 e. The highest BCUT2D eigenvalue weighted by Crippen LogP contribution is 2.42. The Kier molecular flexibility index (Phi) is 4.73. The zero-order valence-corrected chi connectivity index (χ0v) is 17.3. The van der Waals surface area contributed by atoms with Gasteiger partial charge in [-0.25, -0.2) is 0 Å². The van der Waals surface area contributed by atoms with Gasteiger partial charge in [0, 0.05) is 43.3 Å². The molecule has 3 heterocycles. The molecule has 1 N–H and O–H groups in total. The number of hydrogen-bond donors (Lipinski definition) is 1. The highest BCUT2D eigenvalue weighted by Gasteiger charge is 2.44. The summed E-state index contributed by atoms with van der Waals surface area (Å²) in [6, 6.07) is 14.8. The van der Waals surface area contributed by atoms with Crippen LogP contribution in [0.5, 0.6) is 11.5 Å². The summed E-state index contributed by atoms with van der Waals surface area (Å²) >= 11 is 0. The highest BCUT2D eigenvalue weighted by atomic mass is 16.5. The van der Waals surface area contributed by atoms with Crippen molar-refractivity contribution in [1.29, 1.82) is 0 Å². The Bertz CT molecular complexity index is 1130. The molecule has 3 aromatic rings. The molecule has 1 amide bonds. The van der Waals surface area contributed by atoms with Crippen LogP contribution in [-0.2, 0) is 0 Å². The number of carbonyl (C=O) groups is 2. The van der Waals surface area contributed by atoms with Crippen molar-refractivity contribution in [2.45, 2.75) is 24.9 Å². The van der Waals surface area contributed by atoms with Gasteiger partial charge in [-0.05, 0) is 30.3 Å². The first-order valence-electron chi connectivity index (χ1n) is 10.4. The molecule has 1 spiro atoms. The average Bonchev–Trinajstić information content (AvgIpc) is 3.34. The number of amides is 1. The van der Waals surface area contributed by atoms with Gasteiger partial charge in [0.05, 0.1) is 19.2 Å². The number of aromatic nitrogens is 2. The molecule has 2 aliphatic rings.